The standard InChI is InChI=1S/C21H20FNOS/c1-3-23-21(24)12-16-11-15(19-9-6-17(22)13-20(16)19)10-14-4-7-18(25-2)8-5-14/h4-11,13H,3,12H2,1-2H3,(H,23,24)/b15-10+. The average molecular weight is 353 g/mol. The predicted octanol–water partition coefficient (Wildman–Crippen LogP) is 5.01. The van der Waals surface area contributed by atoms with Gasteiger partial charge in [-0.25, -0.2) is 4.39 Å². The third-order valence-corrected chi connectivity index (χ3v) is 4.87. The van der Waals surface area contributed by atoms with Gasteiger partial charge < -0.3 is 5.32 Å². The molecule has 1 amide bonds. The van der Waals surface area contributed by atoms with Crippen LogP contribution in [0.4, 0.5) is 4.39 Å². The summed E-state index contributed by atoms with van der Waals surface area (Å²) in [5.74, 6) is -0.333. The Morgan fingerprint density at radius 1 is 1.16 bits per heavy atom. The van der Waals surface area contributed by atoms with E-state index < -0.39 is 0 Å². The molecule has 1 aliphatic rings. The molecule has 25 heavy (non-hydrogen) atoms. The van der Waals surface area contributed by atoms with Gasteiger partial charge in [0, 0.05) is 11.4 Å². The molecule has 0 heterocycles. The number of amides is 1. The van der Waals surface area contributed by atoms with Crippen LogP contribution in [0.1, 0.15) is 30.0 Å². The van der Waals surface area contributed by atoms with Crippen molar-refractivity contribution in [3.8, 4) is 0 Å². The molecule has 2 aromatic rings. The lowest BCUT2D eigenvalue weighted by atomic mass is 10.0. The molecule has 2 aromatic carbocycles. The first-order valence-electron chi connectivity index (χ1n) is 8.24. The second kappa shape index (κ2) is 7.70. The maximum atomic E-state index is 13.7. The molecule has 128 valence electrons. The van der Waals surface area contributed by atoms with Crippen LogP contribution < -0.4 is 5.32 Å². The number of hydrogen-bond donors (Lipinski definition) is 1. The quantitative estimate of drug-likeness (QED) is 0.766. The van der Waals surface area contributed by atoms with E-state index in [-0.39, 0.29) is 18.1 Å². The molecule has 2 nitrogen and oxygen atoms in total. The summed E-state index contributed by atoms with van der Waals surface area (Å²) in [7, 11) is 0. The second-order valence-electron chi connectivity index (χ2n) is 5.86. The number of fused-ring (bicyclic) bond motifs is 1. The van der Waals surface area contributed by atoms with Crippen LogP contribution in [0.5, 0.6) is 0 Å². The zero-order valence-corrected chi connectivity index (χ0v) is 15.1. The maximum Gasteiger partial charge on any atom is 0.224 e. The van der Waals surface area contributed by atoms with Crippen LogP contribution in [0.15, 0.2) is 53.4 Å². The predicted molar refractivity (Wildman–Crippen MR) is 104 cm³/mol. The number of allylic oxidation sites excluding steroid dienone is 2. The Morgan fingerprint density at radius 2 is 1.92 bits per heavy atom. The number of carbonyl (C=O) groups is 1. The summed E-state index contributed by atoms with van der Waals surface area (Å²) in [6.45, 7) is 2.48. The minimum absolute atomic E-state index is 0.0467. The molecule has 4 heteroatoms. The summed E-state index contributed by atoms with van der Waals surface area (Å²) in [5, 5.41) is 2.80. The summed E-state index contributed by atoms with van der Waals surface area (Å²) in [5.41, 5.74) is 4.71. The lowest BCUT2D eigenvalue weighted by Gasteiger charge is -2.06. The van der Waals surface area contributed by atoms with Crippen LogP contribution in [0.3, 0.4) is 0 Å². The van der Waals surface area contributed by atoms with Crippen molar-refractivity contribution in [3.05, 3.63) is 71.0 Å². The third-order valence-electron chi connectivity index (χ3n) is 4.13. The van der Waals surface area contributed by atoms with Crippen molar-refractivity contribution in [1.82, 2.24) is 5.32 Å². The zero-order valence-electron chi connectivity index (χ0n) is 14.3. The second-order valence-corrected chi connectivity index (χ2v) is 6.74. The summed E-state index contributed by atoms with van der Waals surface area (Å²) >= 11 is 1.70. The minimum Gasteiger partial charge on any atom is -0.356 e. The Bertz CT molecular complexity index is 853. The molecule has 0 saturated heterocycles. The van der Waals surface area contributed by atoms with Crippen LogP contribution >= 0.6 is 11.8 Å². The van der Waals surface area contributed by atoms with Gasteiger partial charge in [-0.1, -0.05) is 18.2 Å². The van der Waals surface area contributed by atoms with E-state index in [2.05, 4.69) is 35.7 Å². The number of hydrogen-bond acceptors (Lipinski definition) is 2. The van der Waals surface area contributed by atoms with Crippen molar-refractivity contribution in [2.75, 3.05) is 12.8 Å². The van der Waals surface area contributed by atoms with E-state index in [1.165, 1.54) is 17.0 Å². The number of thioether (sulfide) groups is 1. The van der Waals surface area contributed by atoms with Crippen molar-refractivity contribution in [2.45, 2.75) is 18.2 Å². The number of benzene rings is 2. The highest BCUT2D eigenvalue weighted by atomic mass is 32.2. The van der Waals surface area contributed by atoms with Gasteiger partial charge in [0.1, 0.15) is 5.82 Å². The Balaban J connectivity index is 1.97. The van der Waals surface area contributed by atoms with Gasteiger partial charge in [-0.3, -0.25) is 4.79 Å². The Kier molecular flexibility index (Phi) is 5.39. The third kappa shape index (κ3) is 4.02. The Hall–Kier alpha value is -2.33. The summed E-state index contributed by atoms with van der Waals surface area (Å²) < 4.78 is 13.7. The van der Waals surface area contributed by atoms with Gasteiger partial charge >= 0.3 is 0 Å². The Morgan fingerprint density at radius 3 is 2.60 bits per heavy atom. The van der Waals surface area contributed by atoms with E-state index in [4.69, 9.17) is 0 Å². The van der Waals surface area contributed by atoms with Crippen LogP contribution in [0.25, 0.3) is 17.2 Å². The van der Waals surface area contributed by atoms with E-state index in [1.54, 1.807) is 17.8 Å². The smallest absolute Gasteiger partial charge is 0.224 e. The fraction of sp³-hybridized carbons (Fsp3) is 0.190. The normalized spacial score (nSPS) is 14.4. The first kappa shape index (κ1) is 17.5. The highest BCUT2D eigenvalue weighted by Crippen LogP contribution is 2.38. The molecule has 0 unspecified atom stereocenters. The topological polar surface area (TPSA) is 29.1 Å². The lowest BCUT2D eigenvalue weighted by molar-refractivity contribution is -0.119. The number of carbonyl (C=O) groups excluding carboxylic acids is 1. The van der Waals surface area contributed by atoms with Gasteiger partial charge in [-0.2, -0.15) is 0 Å². The van der Waals surface area contributed by atoms with Gasteiger partial charge in [0.05, 0.1) is 6.42 Å². The van der Waals surface area contributed by atoms with Crippen molar-refractivity contribution < 1.29 is 9.18 Å². The SMILES string of the molecule is CCNC(=O)CC1=C/C(=C\c2ccc(SC)cc2)c2ccc(F)cc21. The molecule has 0 spiro atoms. The van der Waals surface area contributed by atoms with Crippen LogP contribution in [0.2, 0.25) is 0 Å². The minimum atomic E-state index is -0.286. The van der Waals surface area contributed by atoms with Crippen LogP contribution in [-0.4, -0.2) is 18.7 Å². The summed E-state index contributed by atoms with van der Waals surface area (Å²) in [6.07, 6.45) is 6.37. The number of rotatable bonds is 5. The highest BCUT2D eigenvalue weighted by Gasteiger charge is 2.20. The van der Waals surface area contributed by atoms with Crippen LogP contribution in [-0.2, 0) is 4.79 Å². The summed E-state index contributed by atoms with van der Waals surface area (Å²) in [6, 6.07) is 13.1. The molecule has 0 atom stereocenters. The van der Waals surface area contributed by atoms with E-state index in [0.717, 1.165) is 27.8 Å². The van der Waals surface area contributed by atoms with E-state index in [9.17, 15) is 9.18 Å². The van der Waals surface area contributed by atoms with Gasteiger partial charge in [0.2, 0.25) is 5.91 Å². The van der Waals surface area contributed by atoms with Crippen molar-refractivity contribution >= 4 is 34.9 Å². The average Bonchev–Trinajstić information content (AvgIpc) is 2.92. The molecule has 1 aliphatic carbocycles. The molecule has 0 saturated carbocycles. The van der Waals surface area contributed by atoms with Gasteiger partial charge in [0.15, 0.2) is 0 Å². The first-order valence-corrected chi connectivity index (χ1v) is 9.46. The maximum absolute atomic E-state index is 13.7. The van der Waals surface area contributed by atoms with Crippen molar-refractivity contribution in [2.24, 2.45) is 0 Å². The first-order chi connectivity index (χ1) is 12.1. The van der Waals surface area contributed by atoms with E-state index in [0.29, 0.717) is 6.54 Å². The van der Waals surface area contributed by atoms with Gasteiger partial charge in [0.25, 0.3) is 0 Å². The molecule has 0 fully saturated rings. The van der Waals surface area contributed by atoms with E-state index in [1.807, 2.05) is 19.3 Å². The van der Waals surface area contributed by atoms with Crippen LogP contribution in [0, 0.1) is 5.82 Å². The van der Waals surface area contributed by atoms with E-state index >= 15 is 0 Å². The van der Waals surface area contributed by atoms with Gasteiger partial charge in [-0.05, 0) is 77.4 Å². The number of halogens is 1. The zero-order chi connectivity index (χ0) is 17.8. The molecular formula is C21H20FNOS. The molecular weight excluding hydrogens is 333 g/mol. The summed E-state index contributed by atoms with van der Waals surface area (Å²) in [4.78, 5) is 13.2. The largest absolute Gasteiger partial charge is 0.356 e. The monoisotopic (exact) mass is 353 g/mol. The van der Waals surface area contributed by atoms with Crippen molar-refractivity contribution in [3.63, 3.8) is 0 Å². The molecule has 0 bridgehead atoms. The van der Waals surface area contributed by atoms with Crippen molar-refractivity contribution in [1.29, 1.82) is 0 Å². The highest BCUT2D eigenvalue weighted by molar-refractivity contribution is 7.98. The molecule has 3 rings (SSSR count). The molecule has 0 aromatic heterocycles. The lowest BCUT2D eigenvalue weighted by Crippen LogP contribution is -2.22. The van der Waals surface area contributed by atoms with Gasteiger partial charge in [-0.15, -0.1) is 11.8 Å². The molecule has 0 radical (unpaired) electrons. The fourth-order valence-corrected chi connectivity index (χ4v) is 3.36. The molecule has 1 N–H and O–H groups in total. The molecule has 0 aliphatic heterocycles. The number of nitrogens with one attached hydrogen (secondary N) is 1. The Labute approximate surface area is 151 Å². The fourth-order valence-electron chi connectivity index (χ4n) is 2.96.